The van der Waals surface area contributed by atoms with Crippen LogP contribution >= 0.6 is 0 Å². The van der Waals surface area contributed by atoms with Crippen molar-refractivity contribution in [2.45, 2.75) is 38.6 Å². The first-order valence-electron chi connectivity index (χ1n) is 6.80. The van der Waals surface area contributed by atoms with E-state index in [4.69, 9.17) is 0 Å². The van der Waals surface area contributed by atoms with E-state index in [0.29, 0.717) is 17.7 Å². The van der Waals surface area contributed by atoms with E-state index in [1.54, 1.807) is 19.1 Å². The molecule has 0 aromatic heterocycles. The maximum atomic E-state index is 12.4. The van der Waals surface area contributed by atoms with Crippen LogP contribution in [0.5, 0.6) is 0 Å². The summed E-state index contributed by atoms with van der Waals surface area (Å²) in [7, 11) is 0. The van der Waals surface area contributed by atoms with Crippen LogP contribution in [0, 0.1) is 17.0 Å². The van der Waals surface area contributed by atoms with Gasteiger partial charge >= 0.3 is 0 Å². The second kappa shape index (κ2) is 5.58. The van der Waals surface area contributed by atoms with Gasteiger partial charge in [-0.3, -0.25) is 14.9 Å². The summed E-state index contributed by atoms with van der Waals surface area (Å²) in [6, 6.07) is 4.75. The second-order valence-electron chi connectivity index (χ2n) is 5.18. The number of nitrogens with one attached hydrogen (secondary N) is 2. The lowest BCUT2D eigenvalue weighted by Crippen LogP contribution is -2.50. The van der Waals surface area contributed by atoms with Gasteiger partial charge in [0.25, 0.3) is 5.69 Å². The normalized spacial score (nSPS) is 21.7. The molecule has 0 bridgehead atoms. The highest BCUT2D eigenvalue weighted by molar-refractivity contribution is 5.98. The molecule has 1 aliphatic heterocycles. The number of hydrogen-bond donors (Lipinski definition) is 2. The van der Waals surface area contributed by atoms with Crippen LogP contribution in [-0.2, 0) is 4.79 Å². The summed E-state index contributed by atoms with van der Waals surface area (Å²) >= 11 is 0. The van der Waals surface area contributed by atoms with Gasteiger partial charge in [0.2, 0.25) is 5.91 Å². The molecular formula is C14H19N3O3. The van der Waals surface area contributed by atoms with Crippen molar-refractivity contribution in [2.24, 2.45) is 0 Å². The molecule has 1 atom stereocenters. The van der Waals surface area contributed by atoms with Crippen LogP contribution in [-0.4, -0.2) is 22.9 Å². The third-order valence-electron chi connectivity index (χ3n) is 3.95. The Morgan fingerprint density at radius 3 is 2.85 bits per heavy atom. The number of nitro groups is 1. The van der Waals surface area contributed by atoms with Crippen LogP contribution in [0.1, 0.15) is 31.7 Å². The first kappa shape index (κ1) is 14.5. The fourth-order valence-corrected chi connectivity index (χ4v) is 2.60. The van der Waals surface area contributed by atoms with Gasteiger partial charge in [0.15, 0.2) is 0 Å². The van der Waals surface area contributed by atoms with Gasteiger partial charge in [0, 0.05) is 17.3 Å². The summed E-state index contributed by atoms with van der Waals surface area (Å²) in [5.74, 6) is -0.115. The topological polar surface area (TPSA) is 84.3 Å². The fourth-order valence-electron chi connectivity index (χ4n) is 2.60. The molecule has 6 nitrogen and oxygen atoms in total. The van der Waals surface area contributed by atoms with Crippen LogP contribution in [0.4, 0.5) is 11.4 Å². The summed E-state index contributed by atoms with van der Waals surface area (Å²) in [5, 5.41) is 17.0. The summed E-state index contributed by atoms with van der Waals surface area (Å²) in [4.78, 5) is 22.9. The molecule has 1 saturated heterocycles. The van der Waals surface area contributed by atoms with Crippen LogP contribution in [0.15, 0.2) is 18.2 Å². The van der Waals surface area contributed by atoms with Crippen molar-refractivity contribution in [3.8, 4) is 0 Å². The maximum absolute atomic E-state index is 12.4. The first-order chi connectivity index (χ1) is 9.48. The molecule has 0 radical (unpaired) electrons. The van der Waals surface area contributed by atoms with Crippen molar-refractivity contribution < 1.29 is 9.72 Å². The number of carbonyl (C=O) groups excluding carboxylic acids is 1. The Morgan fingerprint density at radius 1 is 1.55 bits per heavy atom. The Hall–Kier alpha value is -1.95. The van der Waals surface area contributed by atoms with Crippen LogP contribution in [0.2, 0.25) is 0 Å². The SMILES string of the molecule is CCC1(C(=O)Nc2ccc(C)c([N+](=O)[O-])c2)CCCN1. The molecular weight excluding hydrogens is 258 g/mol. The predicted molar refractivity (Wildman–Crippen MR) is 76.7 cm³/mol. The molecule has 108 valence electrons. The molecule has 20 heavy (non-hydrogen) atoms. The zero-order chi connectivity index (χ0) is 14.8. The molecule has 1 heterocycles. The number of anilines is 1. The van der Waals surface area contributed by atoms with Gasteiger partial charge in [0.1, 0.15) is 0 Å². The Morgan fingerprint density at radius 2 is 2.30 bits per heavy atom. The summed E-state index contributed by atoms with van der Waals surface area (Å²) in [6.45, 7) is 4.47. The molecule has 1 fully saturated rings. The highest BCUT2D eigenvalue weighted by Gasteiger charge is 2.39. The van der Waals surface area contributed by atoms with E-state index < -0.39 is 10.5 Å². The quantitative estimate of drug-likeness (QED) is 0.653. The zero-order valence-electron chi connectivity index (χ0n) is 11.7. The molecule has 1 amide bonds. The summed E-state index contributed by atoms with van der Waals surface area (Å²) < 4.78 is 0. The Balaban J connectivity index is 2.19. The van der Waals surface area contributed by atoms with E-state index in [-0.39, 0.29) is 11.6 Å². The number of nitro benzene ring substituents is 1. The smallest absolute Gasteiger partial charge is 0.274 e. The van der Waals surface area contributed by atoms with Gasteiger partial charge in [-0.1, -0.05) is 13.0 Å². The predicted octanol–water partition coefficient (Wildman–Crippen LogP) is 2.37. The third kappa shape index (κ3) is 2.65. The number of hydrogen-bond acceptors (Lipinski definition) is 4. The van der Waals surface area contributed by atoms with Gasteiger partial charge in [-0.15, -0.1) is 0 Å². The van der Waals surface area contributed by atoms with Crippen molar-refractivity contribution in [1.82, 2.24) is 5.32 Å². The number of nitrogens with zero attached hydrogens (tertiary/aromatic N) is 1. The monoisotopic (exact) mass is 277 g/mol. The Kier molecular flexibility index (Phi) is 4.04. The Bertz CT molecular complexity index is 536. The van der Waals surface area contributed by atoms with Gasteiger partial charge in [-0.25, -0.2) is 0 Å². The van der Waals surface area contributed by atoms with Crippen molar-refractivity contribution in [1.29, 1.82) is 0 Å². The molecule has 0 saturated carbocycles. The van der Waals surface area contributed by atoms with Gasteiger partial charge in [-0.05, 0) is 38.8 Å². The van der Waals surface area contributed by atoms with Gasteiger partial charge in [0.05, 0.1) is 10.5 Å². The molecule has 0 aliphatic carbocycles. The Labute approximate surface area is 117 Å². The van der Waals surface area contributed by atoms with E-state index >= 15 is 0 Å². The minimum Gasteiger partial charge on any atom is -0.324 e. The van der Waals surface area contributed by atoms with Crippen LogP contribution in [0.3, 0.4) is 0 Å². The molecule has 2 rings (SSSR count). The average molecular weight is 277 g/mol. The maximum Gasteiger partial charge on any atom is 0.274 e. The van der Waals surface area contributed by atoms with E-state index in [2.05, 4.69) is 10.6 Å². The minimum atomic E-state index is -0.542. The largest absolute Gasteiger partial charge is 0.324 e. The number of rotatable bonds is 4. The molecule has 0 spiro atoms. The molecule has 1 aromatic carbocycles. The molecule has 1 unspecified atom stereocenters. The molecule has 1 aliphatic rings. The molecule has 2 N–H and O–H groups in total. The molecule has 6 heteroatoms. The zero-order valence-corrected chi connectivity index (χ0v) is 11.7. The lowest BCUT2D eigenvalue weighted by atomic mass is 9.93. The second-order valence-corrected chi connectivity index (χ2v) is 5.18. The number of benzene rings is 1. The van der Waals surface area contributed by atoms with E-state index in [1.807, 2.05) is 6.92 Å². The summed E-state index contributed by atoms with van der Waals surface area (Å²) in [5.41, 5.74) is 0.526. The van der Waals surface area contributed by atoms with Crippen LogP contribution < -0.4 is 10.6 Å². The highest BCUT2D eigenvalue weighted by atomic mass is 16.6. The lowest BCUT2D eigenvalue weighted by molar-refractivity contribution is -0.385. The van der Waals surface area contributed by atoms with Gasteiger partial charge in [-0.2, -0.15) is 0 Å². The van der Waals surface area contributed by atoms with Crippen molar-refractivity contribution in [3.63, 3.8) is 0 Å². The van der Waals surface area contributed by atoms with E-state index in [9.17, 15) is 14.9 Å². The van der Waals surface area contributed by atoms with Crippen molar-refractivity contribution in [3.05, 3.63) is 33.9 Å². The van der Waals surface area contributed by atoms with E-state index in [0.717, 1.165) is 19.4 Å². The highest BCUT2D eigenvalue weighted by Crippen LogP contribution is 2.27. The standard InChI is InChI=1S/C14H19N3O3/c1-3-14(7-4-8-15-14)13(18)16-11-6-5-10(2)12(9-11)17(19)20/h5-6,9,15H,3-4,7-8H2,1-2H3,(H,16,18). The molecule has 1 aromatic rings. The number of amides is 1. The fraction of sp³-hybridized carbons (Fsp3) is 0.500. The average Bonchev–Trinajstić information content (AvgIpc) is 2.90. The van der Waals surface area contributed by atoms with Crippen molar-refractivity contribution in [2.75, 3.05) is 11.9 Å². The van der Waals surface area contributed by atoms with Crippen LogP contribution in [0.25, 0.3) is 0 Å². The number of carbonyl (C=O) groups is 1. The minimum absolute atomic E-state index is 0.0210. The lowest BCUT2D eigenvalue weighted by Gasteiger charge is -2.26. The first-order valence-corrected chi connectivity index (χ1v) is 6.80. The van der Waals surface area contributed by atoms with E-state index in [1.165, 1.54) is 6.07 Å². The van der Waals surface area contributed by atoms with Gasteiger partial charge < -0.3 is 10.6 Å². The summed E-state index contributed by atoms with van der Waals surface area (Å²) in [6.07, 6.45) is 2.46. The number of aryl methyl sites for hydroxylation is 1. The third-order valence-corrected chi connectivity index (χ3v) is 3.95. The van der Waals surface area contributed by atoms with Crippen molar-refractivity contribution >= 4 is 17.3 Å².